The molecule has 0 atom stereocenters. The van der Waals surface area contributed by atoms with Gasteiger partial charge in [0.05, 0.1) is 0 Å². The number of pyridine rings is 1. The molecule has 1 heterocycles. The third-order valence-corrected chi connectivity index (χ3v) is 4.28. The fourth-order valence-corrected chi connectivity index (χ4v) is 3.10. The number of aryl methyl sites for hydroxylation is 2. The normalized spacial score (nSPS) is 10.9. The van der Waals surface area contributed by atoms with Crippen LogP contribution in [-0.2, 0) is 7.05 Å². The Bertz CT molecular complexity index is 899. The topological polar surface area (TPSA) is 34.0 Å². The fourth-order valence-electron chi connectivity index (χ4n) is 2.66. The van der Waals surface area contributed by atoms with Crippen molar-refractivity contribution in [2.24, 2.45) is 7.05 Å². The van der Waals surface area contributed by atoms with Crippen molar-refractivity contribution in [3.05, 3.63) is 64.6 Å². The summed E-state index contributed by atoms with van der Waals surface area (Å²) in [6.45, 7) is 2.08. The van der Waals surface area contributed by atoms with Crippen LogP contribution in [0.15, 0.2) is 53.5 Å². The highest BCUT2D eigenvalue weighted by Gasteiger charge is 2.10. The summed E-state index contributed by atoms with van der Waals surface area (Å²) in [6.07, 6.45) is 3.92. The molecule has 0 amide bonds. The summed E-state index contributed by atoms with van der Waals surface area (Å²) in [5.41, 5.74) is 4.51. The Morgan fingerprint density at radius 3 is 2.55 bits per heavy atom. The molecule has 1 aromatic heterocycles. The lowest BCUT2D eigenvalue weighted by molar-refractivity contribution is 0.875. The number of benzene rings is 2. The van der Waals surface area contributed by atoms with E-state index in [2.05, 4.69) is 29.8 Å². The molecule has 3 aromatic rings. The van der Waals surface area contributed by atoms with Crippen molar-refractivity contribution >= 4 is 28.4 Å². The molecule has 0 bridgehead atoms. The zero-order valence-corrected chi connectivity index (χ0v) is 13.7. The molecule has 1 N–H and O–H groups in total. The van der Waals surface area contributed by atoms with E-state index in [9.17, 15) is 4.79 Å². The number of anilines is 1. The van der Waals surface area contributed by atoms with Gasteiger partial charge >= 0.3 is 0 Å². The molecular weight excluding hydrogens is 292 g/mol. The second-order valence-corrected chi connectivity index (χ2v) is 5.95. The van der Waals surface area contributed by atoms with E-state index in [0.717, 1.165) is 27.6 Å². The van der Waals surface area contributed by atoms with Crippen molar-refractivity contribution in [1.82, 2.24) is 4.57 Å². The molecule has 0 radical (unpaired) electrons. The van der Waals surface area contributed by atoms with Crippen LogP contribution in [0.4, 0.5) is 5.69 Å². The maximum Gasteiger partial charge on any atom is 0.258 e. The summed E-state index contributed by atoms with van der Waals surface area (Å²) in [5.74, 6) is 0. The molecule has 0 aliphatic rings. The Morgan fingerprint density at radius 2 is 1.82 bits per heavy atom. The van der Waals surface area contributed by atoms with Crippen LogP contribution in [0.25, 0.3) is 21.9 Å². The summed E-state index contributed by atoms with van der Waals surface area (Å²) in [7, 11) is 1.80. The fraction of sp³-hybridized carbons (Fsp3) is 0.167. The number of nitrogens with one attached hydrogen (secondary N) is 1. The molecule has 3 nitrogen and oxygen atoms in total. The van der Waals surface area contributed by atoms with Crippen LogP contribution in [0.3, 0.4) is 0 Å². The molecule has 0 fully saturated rings. The molecule has 0 aliphatic heterocycles. The van der Waals surface area contributed by atoms with Crippen LogP contribution in [0, 0.1) is 6.92 Å². The van der Waals surface area contributed by atoms with Gasteiger partial charge in [-0.15, -0.1) is 0 Å². The second-order valence-electron chi connectivity index (χ2n) is 5.34. The van der Waals surface area contributed by atoms with Gasteiger partial charge in [0.25, 0.3) is 5.56 Å². The molecule has 0 aliphatic carbocycles. The van der Waals surface area contributed by atoms with Gasteiger partial charge in [-0.2, -0.15) is 0 Å². The smallest absolute Gasteiger partial charge is 0.258 e. The maximum atomic E-state index is 12.3. The maximum absolute atomic E-state index is 12.3. The van der Waals surface area contributed by atoms with Gasteiger partial charge in [-0.3, -0.25) is 4.79 Å². The summed E-state index contributed by atoms with van der Waals surface area (Å²) < 4.78 is 4.96. The number of nitrogens with zero attached hydrogens (tertiary/aromatic N) is 1. The van der Waals surface area contributed by atoms with Gasteiger partial charge in [-0.25, -0.2) is 0 Å². The van der Waals surface area contributed by atoms with Gasteiger partial charge in [0.2, 0.25) is 0 Å². The van der Waals surface area contributed by atoms with E-state index < -0.39 is 0 Å². The molecule has 3 rings (SSSR count). The molecule has 0 spiro atoms. The lowest BCUT2D eigenvalue weighted by Gasteiger charge is -2.13. The first-order valence-electron chi connectivity index (χ1n) is 7.10. The average molecular weight is 310 g/mol. The minimum Gasteiger partial charge on any atom is -0.330 e. The number of fused-ring (bicyclic) bond motifs is 1. The van der Waals surface area contributed by atoms with E-state index in [1.165, 1.54) is 5.56 Å². The van der Waals surface area contributed by atoms with Crippen molar-refractivity contribution in [2.45, 2.75) is 6.92 Å². The second kappa shape index (κ2) is 5.89. The Morgan fingerprint density at radius 1 is 1.09 bits per heavy atom. The largest absolute Gasteiger partial charge is 0.330 e. The predicted molar refractivity (Wildman–Crippen MR) is 96.5 cm³/mol. The van der Waals surface area contributed by atoms with E-state index in [4.69, 9.17) is 0 Å². The molecular formula is C18H18N2OS. The van der Waals surface area contributed by atoms with Crippen LogP contribution >= 0.6 is 11.9 Å². The van der Waals surface area contributed by atoms with Crippen molar-refractivity contribution in [3.8, 4) is 11.1 Å². The van der Waals surface area contributed by atoms with Crippen molar-refractivity contribution in [3.63, 3.8) is 0 Å². The third kappa shape index (κ3) is 2.50. The zero-order chi connectivity index (χ0) is 15.7. The average Bonchev–Trinajstić information content (AvgIpc) is 2.53. The van der Waals surface area contributed by atoms with Crippen molar-refractivity contribution in [1.29, 1.82) is 0 Å². The first kappa shape index (κ1) is 14.7. The van der Waals surface area contributed by atoms with Crippen LogP contribution in [0.5, 0.6) is 0 Å². The first-order chi connectivity index (χ1) is 10.6. The van der Waals surface area contributed by atoms with Gasteiger partial charge in [0.1, 0.15) is 0 Å². The van der Waals surface area contributed by atoms with E-state index in [1.54, 1.807) is 23.6 Å². The summed E-state index contributed by atoms with van der Waals surface area (Å²) in [6, 6.07) is 14.1. The molecule has 112 valence electrons. The van der Waals surface area contributed by atoms with E-state index in [1.807, 2.05) is 36.7 Å². The van der Waals surface area contributed by atoms with Crippen LogP contribution in [-0.4, -0.2) is 10.8 Å². The van der Waals surface area contributed by atoms with Gasteiger partial charge in [-0.1, -0.05) is 42.3 Å². The molecule has 0 saturated carbocycles. The van der Waals surface area contributed by atoms with Gasteiger partial charge in [-0.05, 0) is 35.6 Å². The Hall–Kier alpha value is -2.20. The first-order valence-corrected chi connectivity index (χ1v) is 8.32. The highest BCUT2D eigenvalue weighted by atomic mass is 32.2. The summed E-state index contributed by atoms with van der Waals surface area (Å²) in [4.78, 5) is 12.3. The van der Waals surface area contributed by atoms with Gasteiger partial charge < -0.3 is 9.29 Å². The summed E-state index contributed by atoms with van der Waals surface area (Å²) in [5, 5.41) is 1.74. The SMILES string of the molecule is CSNc1cc(-c2cn(C)c(=O)c3ccccc23)ccc1C. The number of rotatable bonds is 3. The Labute approximate surface area is 134 Å². The van der Waals surface area contributed by atoms with E-state index in [0.29, 0.717) is 0 Å². The lowest BCUT2D eigenvalue weighted by atomic mass is 9.99. The quantitative estimate of drug-likeness (QED) is 0.736. The number of hydrogen-bond acceptors (Lipinski definition) is 3. The summed E-state index contributed by atoms with van der Waals surface area (Å²) >= 11 is 1.58. The predicted octanol–water partition coefficient (Wildman–Crippen LogP) is 4.20. The number of hydrogen-bond donors (Lipinski definition) is 1. The lowest BCUT2D eigenvalue weighted by Crippen LogP contribution is -2.16. The van der Waals surface area contributed by atoms with Gasteiger partial charge in [0.15, 0.2) is 0 Å². The van der Waals surface area contributed by atoms with Crippen LogP contribution in [0.1, 0.15) is 5.56 Å². The van der Waals surface area contributed by atoms with Crippen LogP contribution in [0.2, 0.25) is 0 Å². The standard InChI is InChI=1S/C18H18N2OS/c1-12-8-9-13(10-17(12)19-22-3)16-11-20(2)18(21)15-7-5-4-6-14(15)16/h4-11,19H,1-3H3. The molecule has 2 aromatic carbocycles. The monoisotopic (exact) mass is 310 g/mol. The van der Waals surface area contributed by atoms with Gasteiger partial charge in [0, 0.05) is 36.1 Å². The Balaban J connectivity index is 2.29. The molecule has 4 heteroatoms. The van der Waals surface area contributed by atoms with E-state index >= 15 is 0 Å². The van der Waals surface area contributed by atoms with Crippen LogP contribution < -0.4 is 10.3 Å². The zero-order valence-electron chi connectivity index (χ0n) is 12.9. The highest BCUT2D eigenvalue weighted by Crippen LogP contribution is 2.30. The highest BCUT2D eigenvalue weighted by molar-refractivity contribution is 7.99. The van der Waals surface area contributed by atoms with Crippen molar-refractivity contribution < 1.29 is 0 Å². The van der Waals surface area contributed by atoms with Crippen molar-refractivity contribution in [2.75, 3.05) is 11.0 Å². The molecule has 22 heavy (non-hydrogen) atoms. The number of aromatic nitrogens is 1. The Kier molecular flexibility index (Phi) is 3.94. The third-order valence-electron chi connectivity index (χ3n) is 3.85. The minimum absolute atomic E-state index is 0.0360. The molecule has 0 unspecified atom stereocenters. The molecule has 0 saturated heterocycles. The van der Waals surface area contributed by atoms with E-state index in [-0.39, 0.29) is 5.56 Å². The minimum atomic E-state index is 0.0360.